The third kappa shape index (κ3) is 4.27. The number of hydrogen-bond donors (Lipinski definition) is 7. The zero-order valence-corrected chi connectivity index (χ0v) is 13.8. The molecule has 25 heavy (non-hydrogen) atoms. The number of carbonyl (C=O) groups excluding carboxylic acids is 1. The molecule has 2 saturated heterocycles. The van der Waals surface area contributed by atoms with Crippen molar-refractivity contribution in [2.45, 2.75) is 75.2 Å². The van der Waals surface area contributed by atoms with Crippen molar-refractivity contribution in [1.82, 2.24) is 5.32 Å². The third-order valence-corrected chi connectivity index (χ3v) is 4.34. The van der Waals surface area contributed by atoms with Gasteiger partial charge in [0, 0.05) is 6.92 Å². The summed E-state index contributed by atoms with van der Waals surface area (Å²) in [5.41, 5.74) is 0. The summed E-state index contributed by atoms with van der Waals surface area (Å²) in [6.45, 7) is 2.01. The fourth-order valence-corrected chi connectivity index (χ4v) is 2.92. The summed E-state index contributed by atoms with van der Waals surface area (Å²) in [5, 5.41) is 61.5. The lowest BCUT2D eigenvalue weighted by Gasteiger charge is -2.46. The molecule has 7 N–H and O–H groups in total. The molecule has 0 aliphatic carbocycles. The fraction of sp³-hybridized carbons (Fsp3) is 0.929. The van der Waals surface area contributed by atoms with Crippen molar-refractivity contribution >= 4 is 5.91 Å². The Labute approximate surface area is 143 Å². The van der Waals surface area contributed by atoms with Crippen molar-refractivity contribution in [1.29, 1.82) is 0 Å². The van der Waals surface area contributed by atoms with Crippen LogP contribution in [0.4, 0.5) is 0 Å². The van der Waals surface area contributed by atoms with Gasteiger partial charge in [-0.25, -0.2) is 0 Å². The zero-order valence-electron chi connectivity index (χ0n) is 13.8. The normalized spacial score (nSPS) is 48.2. The van der Waals surface area contributed by atoms with Gasteiger partial charge >= 0.3 is 0 Å². The van der Waals surface area contributed by atoms with Crippen LogP contribution < -0.4 is 5.32 Å². The Hall–Kier alpha value is -0.890. The standard InChI is InChI=1S/C14H25NO10/c1-4-8(18)10(20)11(21)14(23-4)25-12-6(3-16)24-13(22)7(9(12)19)15-5(2)17/h4,6-14,16,18-22H,3H2,1-2H3,(H,15,17)/t4-,6-,7-,8+,9-,10+,11-,12-,13-,14-/m1/s1. The Kier molecular flexibility index (Phi) is 6.70. The predicted molar refractivity (Wildman–Crippen MR) is 78.8 cm³/mol. The Morgan fingerprint density at radius 3 is 2.24 bits per heavy atom. The summed E-state index contributed by atoms with van der Waals surface area (Å²) in [4.78, 5) is 11.2. The van der Waals surface area contributed by atoms with Gasteiger partial charge in [0.15, 0.2) is 12.6 Å². The van der Waals surface area contributed by atoms with E-state index in [4.69, 9.17) is 14.2 Å². The van der Waals surface area contributed by atoms with Crippen LogP contribution in [0, 0.1) is 0 Å². The van der Waals surface area contributed by atoms with Gasteiger partial charge in [-0.15, -0.1) is 0 Å². The lowest BCUT2D eigenvalue weighted by molar-refractivity contribution is -0.341. The summed E-state index contributed by atoms with van der Waals surface area (Å²) in [7, 11) is 0. The maximum atomic E-state index is 11.2. The molecule has 2 aliphatic heterocycles. The van der Waals surface area contributed by atoms with Gasteiger partial charge in [-0.05, 0) is 6.92 Å². The Balaban J connectivity index is 2.15. The molecule has 0 bridgehead atoms. The first-order valence-electron chi connectivity index (χ1n) is 7.92. The fourth-order valence-electron chi connectivity index (χ4n) is 2.92. The number of ether oxygens (including phenoxy) is 3. The second-order valence-corrected chi connectivity index (χ2v) is 6.25. The van der Waals surface area contributed by atoms with Gasteiger partial charge < -0.3 is 50.2 Å². The maximum Gasteiger partial charge on any atom is 0.217 e. The molecule has 0 unspecified atom stereocenters. The summed E-state index contributed by atoms with van der Waals surface area (Å²) >= 11 is 0. The van der Waals surface area contributed by atoms with Gasteiger partial charge in [0.05, 0.1) is 12.7 Å². The van der Waals surface area contributed by atoms with Gasteiger partial charge in [-0.3, -0.25) is 4.79 Å². The molecule has 11 heteroatoms. The molecule has 2 heterocycles. The van der Waals surface area contributed by atoms with E-state index in [1.807, 2.05) is 0 Å². The molecular weight excluding hydrogens is 342 g/mol. The molecule has 11 nitrogen and oxygen atoms in total. The molecule has 0 aromatic heterocycles. The lowest BCUT2D eigenvalue weighted by Crippen LogP contribution is -2.66. The van der Waals surface area contributed by atoms with Crippen molar-refractivity contribution in [3.63, 3.8) is 0 Å². The van der Waals surface area contributed by atoms with Crippen molar-refractivity contribution < 1.29 is 49.6 Å². The second kappa shape index (κ2) is 8.20. The van der Waals surface area contributed by atoms with E-state index in [0.29, 0.717) is 0 Å². The van der Waals surface area contributed by atoms with Crippen LogP contribution in [0.15, 0.2) is 0 Å². The van der Waals surface area contributed by atoms with Crippen molar-refractivity contribution in [3.05, 3.63) is 0 Å². The number of aliphatic hydroxyl groups excluding tert-OH is 6. The van der Waals surface area contributed by atoms with Crippen molar-refractivity contribution in [2.24, 2.45) is 0 Å². The van der Waals surface area contributed by atoms with Gasteiger partial charge in [0.2, 0.25) is 5.91 Å². The van der Waals surface area contributed by atoms with Gasteiger partial charge in [-0.1, -0.05) is 0 Å². The van der Waals surface area contributed by atoms with Gasteiger partial charge in [0.25, 0.3) is 0 Å². The Morgan fingerprint density at radius 2 is 1.68 bits per heavy atom. The maximum absolute atomic E-state index is 11.2. The topological polar surface area (TPSA) is 178 Å². The molecular formula is C14H25NO10. The van der Waals surface area contributed by atoms with E-state index in [2.05, 4.69) is 5.32 Å². The van der Waals surface area contributed by atoms with Gasteiger partial charge in [-0.2, -0.15) is 0 Å². The number of aliphatic hydroxyl groups is 6. The van der Waals surface area contributed by atoms with E-state index in [-0.39, 0.29) is 0 Å². The summed E-state index contributed by atoms with van der Waals surface area (Å²) in [6.07, 6.45) is -12.3. The minimum Gasteiger partial charge on any atom is -0.394 e. The predicted octanol–water partition coefficient (Wildman–Crippen LogP) is -4.23. The van der Waals surface area contributed by atoms with Crippen LogP contribution in [-0.2, 0) is 19.0 Å². The highest BCUT2D eigenvalue weighted by molar-refractivity contribution is 5.73. The minimum atomic E-state index is -1.62. The van der Waals surface area contributed by atoms with E-state index in [1.54, 1.807) is 0 Å². The first-order chi connectivity index (χ1) is 11.7. The lowest BCUT2D eigenvalue weighted by atomic mass is 9.95. The molecule has 0 saturated carbocycles. The van der Waals surface area contributed by atoms with E-state index in [0.717, 1.165) is 0 Å². The Morgan fingerprint density at radius 1 is 1.04 bits per heavy atom. The van der Waals surface area contributed by atoms with Crippen LogP contribution >= 0.6 is 0 Å². The molecule has 146 valence electrons. The number of nitrogens with one attached hydrogen (secondary N) is 1. The molecule has 0 aromatic rings. The van der Waals surface area contributed by atoms with Crippen LogP contribution in [0.3, 0.4) is 0 Å². The van der Waals surface area contributed by atoms with Crippen LogP contribution in [-0.4, -0.2) is 105 Å². The molecule has 1 amide bonds. The summed E-state index contributed by atoms with van der Waals surface area (Å²) < 4.78 is 15.9. The van der Waals surface area contributed by atoms with Crippen LogP contribution in [0.5, 0.6) is 0 Å². The first-order valence-corrected chi connectivity index (χ1v) is 7.92. The molecule has 10 atom stereocenters. The van der Waals surface area contributed by atoms with E-state index >= 15 is 0 Å². The van der Waals surface area contributed by atoms with Crippen molar-refractivity contribution in [3.8, 4) is 0 Å². The minimum absolute atomic E-state index is 0.533. The molecule has 0 spiro atoms. The number of rotatable bonds is 4. The average Bonchev–Trinajstić information content (AvgIpc) is 2.56. The van der Waals surface area contributed by atoms with Crippen LogP contribution in [0.1, 0.15) is 13.8 Å². The quantitative estimate of drug-likeness (QED) is 0.257. The summed E-state index contributed by atoms with van der Waals surface area (Å²) in [5.74, 6) is -0.533. The number of amides is 1. The average molecular weight is 367 g/mol. The smallest absolute Gasteiger partial charge is 0.217 e. The molecule has 2 fully saturated rings. The highest BCUT2D eigenvalue weighted by Crippen LogP contribution is 2.28. The number of hydrogen-bond acceptors (Lipinski definition) is 10. The largest absolute Gasteiger partial charge is 0.394 e. The van der Waals surface area contributed by atoms with E-state index in [1.165, 1.54) is 13.8 Å². The highest BCUT2D eigenvalue weighted by Gasteiger charge is 2.50. The Bertz CT molecular complexity index is 465. The SMILES string of the molecule is CC(=O)N[C@@H]1[C@@H](O)[C@H](O[C@H]2O[C@H](C)[C@H](O)[C@H](O)[C@H]2O)[C@@H](CO)O[C@H]1O. The van der Waals surface area contributed by atoms with Crippen LogP contribution in [0.25, 0.3) is 0 Å². The molecule has 2 aliphatic rings. The van der Waals surface area contributed by atoms with E-state index in [9.17, 15) is 35.4 Å². The van der Waals surface area contributed by atoms with Crippen LogP contribution in [0.2, 0.25) is 0 Å². The third-order valence-electron chi connectivity index (χ3n) is 4.34. The monoisotopic (exact) mass is 367 g/mol. The second-order valence-electron chi connectivity index (χ2n) is 6.25. The molecule has 2 rings (SSSR count). The summed E-state index contributed by atoms with van der Waals surface area (Å²) in [6, 6.07) is -1.24. The van der Waals surface area contributed by atoms with E-state index < -0.39 is 73.9 Å². The number of carbonyl (C=O) groups is 1. The molecule has 0 radical (unpaired) electrons. The highest BCUT2D eigenvalue weighted by atomic mass is 16.7. The molecule has 0 aromatic carbocycles. The van der Waals surface area contributed by atoms with Gasteiger partial charge in [0.1, 0.15) is 42.7 Å². The van der Waals surface area contributed by atoms with Crippen molar-refractivity contribution in [2.75, 3.05) is 6.61 Å². The first kappa shape index (κ1) is 20.4. The zero-order chi connectivity index (χ0) is 18.9.